The van der Waals surface area contributed by atoms with E-state index >= 15 is 0 Å². The molecule has 0 aliphatic heterocycles. The highest BCUT2D eigenvalue weighted by molar-refractivity contribution is 6.00. The molecule has 0 saturated heterocycles. The van der Waals surface area contributed by atoms with Crippen molar-refractivity contribution in [3.63, 3.8) is 0 Å². The number of rotatable bonds is 4. The fourth-order valence-electron chi connectivity index (χ4n) is 2.07. The lowest BCUT2D eigenvalue weighted by Gasteiger charge is -2.05. The lowest BCUT2D eigenvalue weighted by Crippen LogP contribution is -2.07. The average molecular weight is 291 g/mol. The standard InChI is InChI=1S/C17H17N5/c1-14(19-21-10-3-4-11-21)16-8-7-9-17(18-16)15(2)20-22-12-5-6-13-22/h3-13H,1-2H3. The van der Waals surface area contributed by atoms with Gasteiger partial charge in [-0.2, -0.15) is 10.2 Å². The van der Waals surface area contributed by atoms with Crippen molar-refractivity contribution in [2.45, 2.75) is 13.8 Å². The average Bonchev–Trinajstić information content (AvgIpc) is 3.21. The van der Waals surface area contributed by atoms with Crippen molar-refractivity contribution in [1.29, 1.82) is 0 Å². The molecule has 3 aromatic rings. The summed E-state index contributed by atoms with van der Waals surface area (Å²) in [6.07, 6.45) is 7.58. The van der Waals surface area contributed by atoms with Crippen LogP contribution < -0.4 is 0 Å². The molecular formula is C17H17N5. The van der Waals surface area contributed by atoms with Crippen molar-refractivity contribution >= 4 is 11.4 Å². The van der Waals surface area contributed by atoms with Gasteiger partial charge in [-0.25, -0.2) is 14.3 Å². The number of aromatic nitrogens is 3. The molecule has 0 radical (unpaired) electrons. The predicted octanol–water partition coefficient (Wildman–Crippen LogP) is 3.23. The SMILES string of the molecule is CC(=Nn1cccc1)c1cccc(C(C)=Nn2cccc2)n1. The third-order valence-electron chi connectivity index (χ3n) is 3.20. The summed E-state index contributed by atoms with van der Waals surface area (Å²) in [6.45, 7) is 3.90. The Balaban J connectivity index is 1.89. The minimum atomic E-state index is 0.841. The molecule has 0 unspecified atom stereocenters. The fourth-order valence-corrected chi connectivity index (χ4v) is 2.07. The summed E-state index contributed by atoms with van der Waals surface area (Å²) in [4.78, 5) is 4.65. The minimum Gasteiger partial charge on any atom is -0.248 e. The molecule has 0 aromatic carbocycles. The van der Waals surface area contributed by atoms with Crippen molar-refractivity contribution in [2.24, 2.45) is 10.2 Å². The zero-order chi connectivity index (χ0) is 15.4. The largest absolute Gasteiger partial charge is 0.248 e. The lowest BCUT2D eigenvalue weighted by atomic mass is 10.2. The summed E-state index contributed by atoms with van der Waals surface area (Å²) >= 11 is 0. The highest BCUT2D eigenvalue weighted by Crippen LogP contribution is 2.05. The maximum Gasteiger partial charge on any atom is 0.0867 e. The van der Waals surface area contributed by atoms with Gasteiger partial charge in [-0.15, -0.1) is 0 Å². The van der Waals surface area contributed by atoms with E-state index in [1.54, 1.807) is 9.35 Å². The summed E-state index contributed by atoms with van der Waals surface area (Å²) in [6, 6.07) is 13.6. The third-order valence-corrected chi connectivity index (χ3v) is 3.20. The van der Waals surface area contributed by atoms with Gasteiger partial charge in [0.1, 0.15) is 0 Å². The quantitative estimate of drug-likeness (QED) is 0.681. The molecule has 0 amide bonds. The second-order valence-corrected chi connectivity index (χ2v) is 4.90. The summed E-state index contributed by atoms with van der Waals surface area (Å²) < 4.78 is 3.54. The van der Waals surface area contributed by atoms with Gasteiger partial charge in [0.2, 0.25) is 0 Å². The smallest absolute Gasteiger partial charge is 0.0867 e. The van der Waals surface area contributed by atoms with E-state index in [0.29, 0.717) is 0 Å². The Morgan fingerprint density at radius 1 is 0.727 bits per heavy atom. The Morgan fingerprint density at radius 3 is 1.55 bits per heavy atom. The number of hydrogen-bond acceptors (Lipinski definition) is 3. The van der Waals surface area contributed by atoms with Crippen LogP contribution in [0.2, 0.25) is 0 Å². The molecule has 22 heavy (non-hydrogen) atoms. The van der Waals surface area contributed by atoms with E-state index < -0.39 is 0 Å². The summed E-state index contributed by atoms with van der Waals surface area (Å²) in [7, 11) is 0. The zero-order valence-corrected chi connectivity index (χ0v) is 12.6. The number of nitrogens with zero attached hydrogens (tertiary/aromatic N) is 5. The second-order valence-electron chi connectivity index (χ2n) is 4.90. The van der Waals surface area contributed by atoms with Gasteiger partial charge in [-0.05, 0) is 50.2 Å². The maximum atomic E-state index is 4.65. The molecule has 0 fully saturated rings. The van der Waals surface area contributed by atoms with E-state index in [2.05, 4.69) is 15.2 Å². The summed E-state index contributed by atoms with van der Waals surface area (Å²) in [5.74, 6) is 0. The van der Waals surface area contributed by atoms with Gasteiger partial charge in [-0.3, -0.25) is 0 Å². The van der Waals surface area contributed by atoms with Gasteiger partial charge in [-0.1, -0.05) is 6.07 Å². The molecule has 3 rings (SSSR count). The molecule has 3 aromatic heterocycles. The van der Waals surface area contributed by atoms with Crippen molar-refractivity contribution in [2.75, 3.05) is 0 Å². The molecule has 0 N–H and O–H groups in total. The van der Waals surface area contributed by atoms with Gasteiger partial charge < -0.3 is 0 Å². The Morgan fingerprint density at radius 2 is 1.14 bits per heavy atom. The summed E-state index contributed by atoms with van der Waals surface area (Å²) in [5.41, 5.74) is 3.39. The van der Waals surface area contributed by atoms with Gasteiger partial charge in [0.25, 0.3) is 0 Å². The monoisotopic (exact) mass is 291 g/mol. The van der Waals surface area contributed by atoms with E-state index in [4.69, 9.17) is 0 Å². The van der Waals surface area contributed by atoms with Crippen molar-refractivity contribution < 1.29 is 0 Å². The van der Waals surface area contributed by atoms with Crippen LogP contribution in [0, 0.1) is 0 Å². The molecule has 5 heteroatoms. The van der Waals surface area contributed by atoms with E-state index in [9.17, 15) is 0 Å². The molecule has 0 saturated carbocycles. The molecule has 0 bridgehead atoms. The molecule has 0 spiro atoms. The van der Waals surface area contributed by atoms with Crippen LogP contribution >= 0.6 is 0 Å². The minimum absolute atomic E-state index is 0.841. The van der Waals surface area contributed by atoms with Crippen LogP contribution in [0.4, 0.5) is 0 Å². The van der Waals surface area contributed by atoms with Crippen molar-refractivity contribution in [1.82, 2.24) is 14.3 Å². The third kappa shape index (κ3) is 3.20. The normalized spacial score (nSPS) is 12.6. The Kier molecular flexibility index (Phi) is 3.96. The van der Waals surface area contributed by atoms with E-state index in [1.165, 1.54) is 0 Å². The molecule has 5 nitrogen and oxygen atoms in total. The van der Waals surface area contributed by atoms with Gasteiger partial charge in [0.05, 0.1) is 22.8 Å². The maximum absolute atomic E-state index is 4.65. The first-order valence-electron chi connectivity index (χ1n) is 7.07. The van der Waals surface area contributed by atoms with E-state index in [1.807, 2.05) is 81.1 Å². The van der Waals surface area contributed by atoms with Crippen molar-refractivity contribution in [3.05, 3.63) is 78.6 Å². The van der Waals surface area contributed by atoms with E-state index in [-0.39, 0.29) is 0 Å². The second kappa shape index (κ2) is 6.22. The summed E-state index contributed by atoms with van der Waals surface area (Å²) in [5, 5.41) is 8.98. The molecule has 0 atom stereocenters. The molecule has 0 aliphatic rings. The highest BCUT2D eigenvalue weighted by Gasteiger charge is 2.04. The predicted molar refractivity (Wildman–Crippen MR) is 88.3 cm³/mol. The Labute approximate surface area is 129 Å². The lowest BCUT2D eigenvalue weighted by molar-refractivity contribution is 0.881. The molecule has 3 heterocycles. The first-order valence-corrected chi connectivity index (χ1v) is 7.07. The van der Waals surface area contributed by atoms with Gasteiger partial charge in [0.15, 0.2) is 0 Å². The van der Waals surface area contributed by atoms with Crippen LogP contribution in [-0.4, -0.2) is 25.8 Å². The number of pyridine rings is 1. The molecule has 0 aliphatic carbocycles. The van der Waals surface area contributed by atoms with Crippen LogP contribution in [0.1, 0.15) is 25.2 Å². The van der Waals surface area contributed by atoms with Crippen LogP contribution in [0.25, 0.3) is 0 Å². The van der Waals surface area contributed by atoms with E-state index in [0.717, 1.165) is 22.8 Å². The first kappa shape index (κ1) is 14.0. The van der Waals surface area contributed by atoms with Gasteiger partial charge in [0, 0.05) is 24.8 Å². The van der Waals surface area contributed by atoms with Crippen LogP contribution in [0.3, 0.4) is 0 Å². The Hall–Kier alpha value is -2.95. The van der Waals surface area contributed by atoms with Crippen molar-refractivity contribution in [3.8, 4) is 0 Å². The molecular weight excluding hydrogens is 274 g/mol. The fraction of sp³-hybridized carbons (Fsp3) is 0.118. The highest BCUT2D eigenvalue weighted by atomic mass is 15.3. The topological polar surface area (TPSA) is 47.5 Å². The molecule has 110 valence electrons. The zero-order valence-electron chi connectivity index (χ0n) is 12.6. The van der Waals surface area contributed by atoms with Crippen LogP contribution in [-0.2, 0) is 0 Å². The first-order chi connectivity index (χ1) is 10.7. The Bertz CT molecular complexity index is 730. The van der Waals surface area contributed by atoms with Crippen LogP contribution in [0.5, 0.6) is 0 Å². The van der Waals surface area contributed by atoms with Gasteiger partial charge >= 0.3 is 0 Å². The van der Waals surface area contributed by atoms with Crippen LogP contribution in [0.15, 0.2) is 77.5 Å². The number of hydrogen-bond donors (Lipinski definition) is 0.